The van der Waals surface area contributed by atoms with Gasteiger partial charge in [-0.2, -0.15) is 0 Å². The third kappa shape index (κ3) is 2.00. The monoisotopic (exact) mass is 244 g/mol. The zero-order chi connectivity index (χ0) is 12.6. The Morgan fingerprint density at radius 2 is 2.29 bits per heavy atom. The number of carbonyl (C=O) groups is 1. The molecule has 9 heteroatoms. The summed E-state index contributed by atoms with van der Waals surface area (Å²) in [6.45, 7) is 0. The van der Waals surface area contributed by atoms with Crippen molar-refractivity contribution in [1.82, 2.24) is 14.8 Å². The van der Waals surface area contributed by atoms with Gasteiger partial charge in [0, 0.05) is 7.11 Å². The van der Waals surface area contributed by atoms with Gasteiger partial charge >= 0.3 is 0 Å². The molecule has 2 rings (SSSR count). The Bertz CT molecular complexity index is 422. The summed E-state index contributed by atoms with van der Waals surface area (Å²) in [5, 5.41) is 23.0. The molecule has 0 aromatic carbocycles. The fraction of sp³-hybridized carbons (Fsp3) is 0.625. The number of aromatic nitrogens is 3. The first kappa shape index (κ1) is 11.9. The number of nitrogens with zero attached hydrogens (tertiary/aromatic N) is 3. The maximum Gasteiger partial charge on any atom is 0.288 e. The molecule has 1 aliphatic heterocycles. The van der Waals surface area contributed by atoms with Crippen LogP contribution in [-0.2, 0) is 9.47 Å². The SMILES string of the molecule is CO[C@H]1O[C@@H](n2cnc(C(N)=O)n2)[C@H](O)[C@@H]1O. The van der Waals surface area contributed by atoms with Crippen molar-refractivity contribution in [3.8, 4) is 0 Å². The summed E-state index contributed by atoms with van der Waals surface area (Å²) >= 11 is 0. The molecule has 0 saturated carbocycles. The molecule has 1 saturated heterocycles. The molecule has 94 valence electrons. The fourth-order valence-electron chi connectivity index (χ4n) is 1.55. The van der Waals surface area contributed by atoms with E-state index in [4.69, 9.17) is 15.2 Å². The minimum atomic E-state index is -1.23. The standard InChI is InChI=1S/C8H12N4O5/c1-16-8-4(14)3(13)7(17-8)12-2-10-6(11-12)5(9)15/h2-4,7-8,13-14H,1H3,(H2,9,15)/t3-,4+,7-,8+/m1/s1. The van der Waals surface area contributed by atoms with E-state index in [1.807, 2.05) is 0 Å². The van der Waals surface area contributed by atoms with Gasteiger partial charge in [-0.1, -0.05) is 0 Å². The lowest BCUT2D eigenvalue weighted by atomic mass is 10.2. The second kappa shape index (κ2) is 4.37. The van der Waals surface area contributed by atoms with Crippen molar-refractivity contribution in [1.29, 1.82) is 0 Å². The average molecular weight is 244 g/mol. The number of rotatable bonds is 3. The van der Waals surface area contributed by atoms with Crippen molar-refractivity contribution in [2.24, 2.45) is 5.73 Å². The molecular weight excluding hydrogens is 232 g/mol. The number of aliphatic hydroxyl groups is 2. The highest BCUT2D eigenvalue weighted by atomic mass is 16.7. The van der Waals surface area contributed by atoms with Gasteiger partial charge in [-0.15, -0.1) is 5.10 Å². The molecule has 0 unspecified atom stereocenters. The van der Waals surface area contributed by atoms with Crippen LogP contribution in [0.2, 0.25) is 0 Å². The normalized spacial score (nSPS) is 32.9. The molecule has 0 aliphatic carbocycles. The van der Waals surface area contributed by atoms with Crippen LogP contribution in [0.4, 0.5) is 0 Å². The number of ether oxygens (including phenoxy) is 2. The number of methoxy groups -OCH3 is 1. The van der Waals surface area contributed by atoms with Gasteiger partial charge < -0.3 is 25.4 Å². The molecule has 17 heavy (non-hydrogen) atoms. The van der Waals surface area contributed by atoms with Crippen LogP contribution in [0.15, 0.2) is 6.33 Å². The fourth-order valence-corrected chi connectivity index (χ4v) is 1.55. The first-order valence-electron chi connectivity index (χ1n) is 4.80. The van der Waals surface area contributed by atoms with Gasteiger partial charge in [-0.25, -0.2) is 9.67 Å². The summed E-state index contributed by atoms with van der Waals surface area (Å²) in [6.07, 6.45) is -3.20. The second-order valence-corrected chi connectivity index (χ2v) is 3.52. The van der Waals surface area contributed by atoms with E-state index in [2.05, 4.69) is 10.1 Å². The van der Waals surface area contributed by atoms with E-state index >= 15 is 0 Å². The maximum absolute atomic E-state index is 10.8. The Morgan fingerprint density at radius 3 is 2.76 bits per heavy atom. The number of hydrogen-bond acceptors (Lipinski definition) is 7. The summed E-state index contributed by atoms with van der Waals surface area (Å²) in [6, 6.07) is 0. The van der Waals surface area contributed by atoms with Crippen LogP contribution >= 0.6 is 0 Å². The first-order valence-corrected chi connectivity index (χ1v) is 4.80. The summed E-state index contributed by atoms with van der Waals surface area (Å²) in [4.78, 5) is 14.4. The molecule has 0 bridgehead atoms. The maximum atomic E-state index is 10.8. The number of primary amides is 1. The lowest BCUT2D eigenvalue weighted by Gasteiger charge is -2.13. The predicted octanol–water partition coefficient (Wildman–Crippen LogP) is -2.40. The third-order valence-electron chi connectivity index (χ3n) is 2.42. The largest absolute Gasteiger partial charge is 0.385 e. The Morgan fingerprint density at radius 1 is 1.59 bits per heavy atom. The van der Waals surface area contributed by atoms with Crippen molar-refractivity contribution < 1.29 is 24.5 Å². The van der Waals surface area contributed by atoms with Gasteiger partial charge in [0.1, 0.15) is 18.5 Å². The summed E-state index contributed by atoms with van der Waals surface area (Å²) in [7, 11) is 1.33. The molecule has 1 amide bonds. The van der Waals surface area contributed by atoms with Crippen LogP contribution in [-0.4, -0.2) is 56.5 Å². The topological polar surface area (TPSA) is 133 Å². The van der Waals surface area contributed by atoms with E-state index in [0.717, 1.165) is 4.68 Å². The molecule has 0 radical (unpaired) electrons. The second-order valence-electron chi connectivity index (χ2n) is 3.52. The molecule has 4 atom stereocenters. The Hall–Kier alpha value is -1.55. The number of hydrogen-bond donors (Lipinski definition) is 3. The van der Waals surface area contributed by atoms with Crippen LogP contribution in [0.5, 0.6) is 0 Å². The zero-order valence-corrected chi connectivity index (χ0v) is 8.92. The smallest absolute Gasteiger partial charge is 0.288 e. The van der Waals surface area contributed by atoms with Crippen LogP contribution in [0.1, 0.15) is 16.8 Å². The van der Waals surface area contributed by atoms with E-state index in [0.29, 0.717) is 0 Å². The molecule has 1 aliphatic rings. The van der Waals surface area contributed by atoms with Crippen LogP contribution < -0.4 is 5.73 Å². The van der Waals surface area contributed by atoms with Gasteiger partial charge in [-0.05, 0) is 0 Å². The minimum absolute atomic E-state index is 0.198. The van der Waals surface area contributed by atoms with Crippen molar-refractivity contribution in [3.63, 3.8) is 0 Å². The molecule has 9 nitrogen and oxygen atoms in total. The van der Waals surface area contributed by atoms with Crippen LogP contribution in [0, 0.1) is 0 Å². The van der Waals surface area contributed by atoms with E-state index in [1.165, 1.54) is 13.4 Å². The highest BCUT2D eigenvalue weighted by molar-refractivity contribution is 5.88. The number of amides is 1. The van der Waals surface area contributed by atoms with E-state index in [1.54, 1.807) is 0 Å². The number of carbonyl (C=O) groups excluding carboxylic acids is 1. The quantitative estimate of drug-likeness (QED) is 0.539. The van der Waals surface area contributed by atoms with E-state index < -0.39 is 30.6 Å². The van der Waals surface area contributed by atoms with Gasteiger partial charge in [0.05, 0.1) is 0 Å². The van der Waals surface area contributed by atoms with Crippen molar-refractivity contribution in [2.75, 3.05) is 7.11 Å². The van der Waals surface area contributed by atoms with Gasteiger partial charge in [0.25, 0.3) is 5.91 Å². The van der Waals surface area contributed by atoms with Crippen LogP contribution in [0.3, 0.4) is 0 Å². The van der Waals surface area contributed by atoms with Crippen molar-refractivity contribution in [2.45, 2.75) is 24.7 Å². The first-order chi connectivity index (χ1) is 8.04. The Balaban J connectivity index is 2.19. The van der Waals surface area contributed by atoms with Gasteiger partial charge in [0.2, 0.25) is 5.82 Å². The number of nitrogens with two attached hydrogens (primary N) is 1. The summed E-state index contributed by atoms with van der Waals surface area (Å²) in [5.74, 6) is -0.990. The highest BCUT2D eigenvalue weighted by Crippen LogP contribution is 2.28. The lowest BCUT2D eigenvalue weighted by Crippen LogP contribution is -2.32. The molecular formula is C8H12N4O5. The summed E-state index contributed by atoms with van der Waals surface area (Å²) < 4.78 is 11.1. The molecule has 1 aromatic rings. The van der Waals surface area contributed by atoms with E-state index in [-0.39, 0.29) is 5.82 Å². The Labute approximate surface area is 95.8 Å². The molecule has 1 fully saturated rings. The van der Waals surface area contributed by atoms with Crippen molar-refractivity contribution >= 4 is 5.91 Å². The van der Waals surface area contributed by atoms with E-state index in [9.17, 15) is 15.0 Å². The molecule has 0 spiro atoms. The lowest BCUT2D eigenvalue weighted by molar-refractivity contribution is -0.163. The van der Waals surface area contributed by atoms with Crippen molar-refractivity contribution in [3.05, 3.63) is 12.2 Å². The van der Waals surface area contributed by atoms with Gasteiger partial charge in [0.15, 0.2) is 12.5 Å². The molecule has 4 N–H and O–H groups in total. The predicted molar refractivity (Wildman–Crippen MR) is 51.5 cm³/mol. The van der Waals surface area contributed by atoms with Gasteiger partial charge in [-0.3, -0.25) is 4.79 Å². The third-order valence-corrected chi connectivity index (χ3v) is 2.42. The number of aliphatic hydroxyl groups excluding tert-OH is 2. The minimum Gasteiger partial charge on any atom is -0.385 e. The zero-order valence-electron chi connectivity index (χ0n) is 8.92. The Kier molecular flexibility index (Phi) is 3.07. The molecule has 2 heterocycles. The summed E-state index contributed by atoms with van der Waals surface area (Å²) in [5.41, 5.74) is 4.99. The average Bonchev–Trinajstić information content (AvgIpc) is 2.87. The van der Waals surface area contributed by atoms with Crippen LogP contribution in [0.25, 0.3) is 0 Å². The highest BCUT2D eigenvalue weighted by Gasteiger charge is 2.44. The molecule has 1 aromatic heterocycles.